The highest BCUT2D eigenvalue weighted by Gasteiger charge is 2.67. The zero-order valence-corrected chi connectivity index (χ0v) is 30.8. The Bertz CT molecular complexity index is 1570. The first kappa shape index (κ1) is 38.4. The Balaban J connectivity index is 1.42. The molecule has 1 saturated carbocycles. The molecule has 3 aromatic rings. The van der Waals surface area contributed by atoms with Gasteiger partial charge in [0.25, 0.3) is 0 Å². The number of methoxy groups -OCH3 is 3. The lowest BCUT2D eigenvalue weighted by atomic mass is 9.65. The van der Waals surface area contributed by atoms with Crippen molar-refractivity contribution in [2.45, 2.75) is 87.7 Å². The summed E-state index contributed by atoms with van der Waals surface area (Å²) in [5.41, 5.74) is 0.507. The molecule has 0 unspecified atom stereocenters. The van der Waals surface area contributed by atoms with Gasteiger partial charge in [0.1, 0.15) is 36.1 Å². The fourth-order valence-electron chi connectivity index (χ4n) is 8.55. The third kappa shape index (κ3) is 7.95. The summed E-state index contributed by atoms with van der Waals surface area (Å²) >= 11 is 0. The molecule has 2 aliphatic heterocycles. The molecule has 0 amide bonds. The van der Waals surface area contributed by atoms with Crippen molar-refractivity contribution in [1.29, 1.82) is 0 Å². The number of hydrogen-bond donors (Lipinski definition) is 2. The molecule has 0 radical (unpaired) electrons. The van der Waals surface area contributed by atoms with Crippen molar-refractivity contribution >= 4 is 0 Å². The van der Waals surface area contributed by atoms with Crippen molar-refractivity contribution in [3.05, 3.63) is 108 Å². The fourth-order valence-corrected chi connectivity index (χ4v) is 8.55. The maximum Gasteiger partial charge on any atom is 0.196 e. The van der Waals surface area contributed by atoms with E-state index in [1.54, 1.807) is 27.4 Å². The van der Waals surface area contributed by atoms with E-state index in [2.05, 4.69) is 6.58 Å². The van der Waals surface area contributed by atoms with Crippen LogP contribution in [0.2, 0.25) is 0 Å². The highest BCUT2D eigenvalue weighted by molar-refractivity contribution is 5.28. The van der Waals surface area contributed by atoms with Gasteiger partial charge in [0.2, 0.25) is 0 Å². The molecule has 2 heterocycles. The topological polar surface area (TPSA) is 114 Å². The maximum atomic E-state index is 12.8. The molecule has 2 saturated heterocycles. The lowest BCUT2D eigenvalue weighted by Gasteiger charge is -2.57. The number of rotatable bonds is 18. The summed E-state index contributed by atoms with van der Waals surface area (Å²) in [6.45, 7) is 7.10. The average Bonchev–Trinajstić information content (AvgIpc) is 3.55. The highest BCUT2D eigenvalue weighted by Crippen LogP contribution is 2.57. The second-order valence-electron chi connectivity index (χ2n) is 14.5. The van der Waals surface area contributed by atoms with Crippen LogP contribution >= 0.6 is 0 Å². The maximum absolute atomic E-state index is 12.8. The van der Waals surface area contributed by atoms with Crippen molar-refractivity contribution in [2.75, 3.05) is 34.7 Å². The van der Waals surface area contributed by atoms with Gasteiger partial charge in [0, 0.05) is 18.9 Å². The Morgan fingerprint density at radius 1 is 0.885 bits per heavy atom. The Kier molecular flexibility index (Phi) is 12.4. The largest absolute Gasteiger partial charge is 0.497 e. The van der Waals surface area contributed by atoms with Crippen LogP contribution in [0.5, 0.6) is 11.5 Å². The van der Waals surface area contributed by atoms with Gasteiger partial charge in [-0.15, -0.1) is 6.58 Å². The predicted octanol–water partition coefficient (Wildman–Crippen LogP) is 6.21. The van der Waals surface area contributed by atoms with Gasteiger partial charge in [0.15, 0.2) is 5.79 Å². The van der Waals surface area contributed by atoms with E-state index in [1.165, 1.54) is 0 Å². The molecule has 9 atom stereocenters. The molecule has 1 aliphatic carbocycles. The molecule has 3 aliphatic rings. The van der Waals surface area contributed by atoms with Crippen molar-refractivity contribution in [3.63, 3.8) is 0 Å². The summed E-state index contributed by atoms with van der Waals surface area (Å²) in [6, 6.07) is 25.4. The van der Waals surface area contributed by atoms with Crippen molar-refractivity contribution in [2.24, 2.45) is 17.8 Å². The normalized spacial score (nSPS) is 29.8. The van der Waals surface area contributed by atoms with Crippen LogP contribution in [0.15, 0.2) is 91.5 Å². The van der Waals surface area contributed by atoms with E-state index in [9.17, 15) is 10.2 Å². The standard InChI is InChI=1S/C42H54O10/c1-6-37(49-25-32-14-18-35(47-5)19-15-32)41(51-26-30-10-8-7-9-11-30,27-48-24-31-12-16-34(46-4)17-13-31)36-22-38-40(43)21-20-33(23-40)39(50-28-45-3)42(44,52-38)29(36)2/h6-19,29,33,36-39,43-44H,1,20-28H2,2-5H3/t29-,33+,36+,37-,38+,39-,40+,41-,42-/m1/s1. The second-order valence-corrected chi connectivity index (χ2v) is 14.5. The molecule has 4 bridgehead atoms. The third-order valence-electron chi connectivity index (χ3n) is 11.4. The van der Waals surface area contributed by atoms with Crippen LogP contribution in [0.4, 0.5) is 0 Å². The summed E-state index contributed by atoms with van der Waals surface area (Å²) in [5.74, 6) is -1.38. The van der Waals surface area contributed by atoms with Crippen molar-refractivity contribution in [3.8, 4) is 11.5 Å². The van der Waals surface area contributed by atoms with Crippen LogP contribution in [-0.2, 0) is 48.2 Å². The van der Waals surface area contributed by atoms with E-state index in [0.717, 1.165) is 28.2 Å². The molecule has 52 heavy (non-hydrogen) atoms. The fraction of sp³-hybridized carbons (Fsp3) is 0.524. The summed E-state index contributed by atoms with van der Waals surface area (Å²) in [7, 11) is 4.83. The van der Waals surface area contributed by atoms with Crippen LogP contribution in [0.25, 0.3) is 0 Å². The van der Waals surface area contributed by atoms with Gasteiger partial charge >= 0.3 is 0 Å². The molecule has 0 spiro atoms. The van der Waals surface area contributed by atoms with Gasteiger partial charge in [-0.1, -0.05) is 67.6 Å². The van der Waals surface area contributed by atoms with Gasteiger partial charge in [0.05, 0.1) is 52.4 Å². The lowest BCUT2D eigenvalue weighted by molar-refractivity contribution is -0.375. The number of aliphatic hydroxyl groups is 2. The minimum atomic E-state index is -1.76. The van der Waals surface area contributed by atoms with Crippen LogP contribution in [0.3, 0.4) is 0 Å². The molecule has 10 heteroatoms. The van der Waals surface area contributed by atoms with Gasteiger partial charge < -0.3 is 48.1 Å². The molecule has 10 nitrogen and oxygen atoms in total. The van der Waals surface area contributed by atoms with Gasteiger partial charge in [-0.2, -0.15) is 0 Å². The van der Waals surface area contributed by atoms with Crippen LogP contribution in [0.1, 0.15) is 49.3 Å². The van der Waals surface area contributed by atoms with E-state index in [-0.39, 0.29) is 32.5 Å². The Morgan fingerprint density at radius 3 is 2.13 bits per heavy atom. The third-order valence-corrected chi connectivity index (χ3v) is 11.4. The Morgan fingerprint density at radius 2 is 1.52 bits per heavy atom. The zero-order valence-electron chi connectivity index (χ0n) is 30.8. The van der Waals surface area contributed by atoms with Crippen LogP contribution in [0, 0.1) is 17.8 Å². The molecule has 0 aromatic heterocycles. The predicted molar refractivity (Wildman–Crippen MR) is 195 cm³/mol. The summed E-state index contributed by atoms with van der Waals surface area (Å²) < 4.78 is 49.5. The first-order chi connectivity index (χ1) is 25.2. The SMILES string of the molecule is C=C[C@@H](OCc1ccc(OC)cc1)[C@](COCc1ccc(OC)cc1)(OCc1ccccc1)[C@H]1C[C@@H]2O[C@](O)([C@@H]1C)[C@H](OCOC)[C@H]1CC[C@]2(O)C1. The molecule has 6 rings (SSSR count). The lowest BCUT2D eigenvalue weighted by Crippen LogP contribution is -2.68. The Labute approximate surface area is 307 Å². The monoisotopic (exact) mass is 718 g/mol. The highest BCUT2D eigenvalue weighted by atomic mass is 16.7. The number of benzene rings is 3. The number of fused-ring (bicyclic) bond motifs is 5. The first-order valence-corrected chi connectivity index (χ1v) is 18.2. The minimum Gasteiger partial charge on any atom is -0.497 e. The summed E-state index contributed by atoms with van der Waals surface area (Å²) in [6.07, 6.45) is 1.73. The second kappa shape index (κ2) is 16.8. The molecular formula is C42H54O10. The van der Waals surface area contributed by atoms with E-state index < -0.39 is 47.1 Å². The van der Waals surface area contributed by atoms with Gasteiger partial charge in [-0.25, -0.2) is 0 Å². The number of hydrogen-bond acceptors (Lipinski definition) is 10. The van der Waals surface area contributed by atoms with Gasteiger partial charge in [-0.05, 0) is 72.6 Å². The minimum absolute atomic E-state index is 0.0196. The molecular weight excluding hydrogens is 664 g/mol. The average molecular weight is 719 g/mol. The van der Waals surface area contributed by atoms with Crippen LogP contribution < -0.4 is 9.47 Å². The molecule has 282 valence electrons. The van der Waals surface area contributed by atoms with E-state index in [4.69, 9.17) is 37.9 Å². The van der Waals surface area contributed by atoms with Gasteiger partial charge in [-0.3, -0.25) is 0 Å². The summed E-state index contributed by atoms with van der Waals surface area (Å²) in [4.78, 5) is 0. The number of ether oxygens (including phenoxy) is 8. The van der Waals surface area contributed by atoms with E-state index >= 15 is 0 Å². The van der Waals surface area contributed by atoms with E-state index in [1.807, 2.05) is 85.8 Å². The zero-order chi connectivity index (χ0) is 36.8. The van der Waals surface area contributed by atoms with Crippen molar-refractivity contribution in [1.82, 2.24) is 0 Å². The van der Waals surface area contributed by atoms with Crippen molar-refractivity contribution < 1.29 is 48.1 Å². The van der Waals surface area contributed by atoms with E-state index in [0.29, 0.717) is 32.3 Å². The Hall–Kier alpha value is -3.32. The molecule has 3 aromatic carbocycles. The van der Waals surface area contributed by atoms with Crippen LogP contribution in [-0.4, -0.2) is 80.2 Å². The quantitative estimate of drug-likeness (QED) is 0.116. The molecule has 2 N–H and O–H groups in total. The first-order valence-electron chi connectivity index (χ1n) is 18.2. The smallest absolute Gasteiger partial charge is 0.196 e. The molecule has 3 fully saturated rings. The summed E-state index contributed by atoms with van der Waals surface area (Å²) in [5, 5.41) is 24.9.